The Hall–Kier alpha value is -0.810. The third-order valence-corrected chi connectivity index (χ3v) is 6.27. The molecule has 0 radical (unpaired) electrons. The first-order valence-electron chi connectivity index (χ1n) is 10.5. The molecule has 1 atom stereocenters. The minimum atomic E-state index is 0.460. The van der Waals surface area contributed by atoms with E-state index in [1.165, 1.54) is 51.6 Å². The molecule has 5 heteroatoms. The molecule has 1 aliphatic carbocycles. The Kier molecular flexibility index (Phi) is 7.41. The monoisotopic (exact) mass is 350 g/mol. The smallest absolute Gasteiger partial charge is 0.193 e. The lowest BCUT2D eigenvalue weighted by Crippen LogP contribution is -2.49. The average Bonchev–Trinajstić information content (AvgIpc) is 3.15. The molecule has 3 aliphatic rings. The van der Waals surface area contributed by atoms with Crippen LogP contribution in [0, 0.1) is 11.8 Å². The Morgan fingerprint density at radius 3 is 2.40 bits per heavy atom. The number of hydrogen-bond acceptors (Lipinski definition) is 3. The number of nitrogens with zero attached hydrogens (tertiary/aromatic N) is 3. The van der Waals surface area contributed by atoms with Gasteiger partial charge in [0.05, 0.1) is 6.10 Å². The molecular formula is C20H38N4O. The Bertz CT molecular complexity index is 414. The number of rotatable bonds is 5. The highest BCUT2D eigenvalue weighted by molar-refractivity contribution is 5.79. The predicted molar refractivity (Wildman–Crippen MR) is 104 cm³/mol. The SMILES string of the molecule is CN=C(NCC1CCCN(C)C1)N1CCC(OCC2CCCC2)CC1. The molecule has 0 bridgehead atoms. The van der Waals surface area contributed by atoms with Crippen LogP contribution in [0.5, 0.6) is 0 Å². The van der Waals surface area contributed by atoms with Crippen LogP contribution in [0.25, 0.3) is 0 Å². The molecule has 2 aliphatic heterocycles. The first-order valence-corrected chi connectivity index (χ1v) is 10.5. The number of hydrogen-bond donors (Lipinski definition) is 1. The lowest BCUT2D eigenvalue weighted by molar-refractivity contribution is 0.000976. The van der Waals surface area contributed by atoms with Crippen molar-refractivity contribution in [1.29, 1.82) is 0 Å². The van der Waals surface area contributed by atoms with E-state index in [9.17, 15) is 0 Å². The second-order valence-corrected chi connectivity index (χ2v) is 8.37. The average molecular weight is 351 g/mol. The predicted octanol–water partition coefficient (Wildman–Crippen LogP) is 2.57. The molecule has 2 saturated heterocycles. The zero-order valence-electron chi connectivity index (χ0n) is 16.4. The van der Waals surface area contributed by atoms with Crippen molar-refractivity contribution < 1.29 is 4.74 Å². The van der Waals surface area contributed by atoms with Crippen molar-refractivity contribution in [2.45, 2.75) is 57.5 Å². The summed E-state index contributed by atoms with van der Waals surface area (Å²) < 4.78 is 6.20. The zero-order chi connectivity index (χ0) is 17.5. The van der Waals surface area contributed by atoms with Gasteiger partial charge >= 0.3 is 0 Å². The first-order chi connectivity index (χ1) is 12.2. The Morgan fingerprint density at radius 2 is 1.72 bits per heavy atom. The van der Waals surface area contributed by atoms with Gasteiger partial charge in [0.15, 0.2) is 5.96 Å². The third-order valence-electron chi connectivity index (χ3n) is 6.27. The number of ether oxygens (including phenoxy) is 1. The molecule has 0 aromatic heterocycles. The third kappa shape index (κ3) is 5.85. The van der Waals surface area contributed by atoms with Crippen LogP contribution in [-0.2, 0) is 4.74 Å². The number of guanidine groups is 1. The van der Waals surface area contributed by atoms with Gasteiger partial charge in [-0.15, -0.1) is 0 Å². The van der Waals surface area contributed by atoms with Crippen LogP contribution in [0.3, 0.4) is 0 Å². The maximum absolute atomic E-state index is 6.20. The Morgan fingerprint density at radius 1 is 1.00 bits per heavy atom. The summed E-state index contributed by atoms with van der Waals surface area (Å²) in [6, 6.07) is 0. The van der Waals surface area contributed by atoms with Crippen LogP contribution in [0.1, 0.15) is 51.4 Å². The first kappa shape index (κ1) is 19.0. The van der Waals surface area contributed by atoms with E-state index in [-0.39, 0.29) is 0 Å². The molecule has 5 nitrogen and oxygen atoms in total. The van der Waals surface area contributed by atoms with Crippen LogP contribution < -0.4 is 5.32 Å². The van der Waals surface area contributed by atoms with E-state index in [1.807, 2.05) is 7.05 Å². The minimum Gasteiger partial charge on any atom is -0.378 e. The van der Waals surface area contributed by atoms with Gasteiger partial charge in [-0.05, 0) is 64.0 Å². The highest BCUT2D eigenvalue weighted by Crippen LogP contribution is 2.26. The van der Waals surface area contributed by atoms with E-state index in [4.69, 9.17) is 4.74 Å². The standard InChI is InChI=1S/C20H38N4O/c1-21-20(22-14-18-8-5-11-23(2)15-18)24-12-9-19(10-13-24)25-16-17-6-3-4-7-17/h17-19H,3-16H2,1-2H3,(H,21,22). The van der Waals surface area contributed by atoms with Gasteiger partial charge in [0, 0.05) is 39.8 Å². The molecule has 1 N–H and O–H groups in total. The molecule has 2 heterocycles. The van der Waals surface area contributed by atoms with Crippen LogP contribution >= 0.6 is 0 Å². The summed E-state index contributed by atoms with van der Waals surface area (Å²) in [6.07, 6.45) is 11.0. The van der Waals surface area contributed by atoms with Crippen molar-refractivity contribution in [3.8, 4) is 0 Å². The molecule has 3 rings (SSSR count). The van der Waals surface area contributed by atoms with Gasteiger partial charge in [-0.2, -0.15) is 0 Å². The number of piperidine rings is 2. The van der Waals surface area contributed by atoms with Crippen molar-refractivity contribution in [2.24, 2.45) is 16.8 Å². The van der Waals surface area contributed by atoms with Gasteiger partial charge < -0.3 is 19.9 Å². The number of aliphatic imine (C=N–C) groups is 1. The van der Waals surface area contributed by atoms with Gasteiger partial charge in [0.1, 0.15) is 0 Å². The number of nitrogens with one attached hydrogen (secondary N) is 1. The normalized spacial score (nSPS) is 27.8. The van der Waals surface area contributed by atoms with Crippen molar-refractivity contribution in [3.05, 3.63) is 0 Å². The van der Waals surface area contributed by atoms with Crippen LogP contribution in [0.4, 0.5) is 0 Å². The van der Waals surface area contributed by atoms with Crippen molar-refractivity contribution in [3.63, 3.8) is 0 Å². The Labute approximate surface area is 154 Å². The molecule has 0 aromatic carbocycles. The van der Waals surface area contributed by atoms with Crippen LogP contribution in [-0.4, -0.2) is 75.3 Å². The molecule has 0 spiro atoms. The maximum atomic E-state index is 6.20. The highest BCUT2D eigenvalue weighted by atomic mass is 16.5. The van der Waals surface area contributed by atoms with E-state index in [2.05, 4.69) is 27.2 Å². The van der Waals surface area contributed by atoms with Crippen LogP contribution in [0.15, 0.2) is 4.99 Å². The van der Waals surface area contributed by atoms with Crippen LogP contribution in [0.2, 0.25) is 0 Å². The van der Waals surface area contributed by atoms with Crippen molar-refractivity contribution in [2.75, 3.05) is 53.4 Å². The van der Waals surface area contributed by atoms with E-state index in [0.29, 0.717) is 6.10 Å². The van der Waals surface area contributed by atoms with Crippen molar-refractivity contribution in [1.82, 2.24) is 15.1 Å². The fraction of sp³-hybridized carbons (Fsp3) is 0.950. The molecular weight excluding hydrogens is 312 g/mol. The quantitative estimate of drug-likeness (QED) is 0.611. The van der Waals surface area contributed by atoms with Gasteiger partial charge in [-0.1, -0.05) is 12.8 Å². The second kappa shape index (κ2) is 9.77. The van der Waals surface area contributed by atoms with Gasteiger partial charge in [-0.3, -0.25) is 4.99 Å². The second-order valence-electron chi connectivity index (χ2n) is 8.37. The molecule has 144 valence electrons. The molecule has 0 amide bonds. The summed E-state index contributed by atoms with van der Waals surface area (Å²) in [7, 11) is 4.15. The van der Waals surface area contributed by atoms with Gasteiger partial charge in [0.25, 0.3) is 0 Å². The fourth-order valence-corrected chi connectivity index (χ4v) is 4.69. The molecule has 25 heavy (non-hydrogen) atoms. The van der Waals surface area contributed by atoms with E-state index >= 15 is 0 Å². The molecule has 0 aromatic rings. The molecule has 1 saturated carbocycles. The summed E-state index contributed by atoms with van der Waals surface area (Å²) in [5, 5.41) is 3.63. The van der Waals surface area contributed by atoms with Gasteiger partial charge in [-0.25, -0.2) is 0 Å². The largest absolute Gasteiger partial charge is 0.378 e. The fourth-order valence-electron chi connectivity index (χ4n) is 4.69. The summed E-state index contributed by atoms with van der Waals surface area (Å²) in [4.78, 5) is 9.40. The lowest BCUT2D eigenvalue weighted by atomic mass is 9.98. The molecule has 3 fully saturated rings. The highest BCUT2D eigenvalue weighted by Gasteiger charge is 2.24. The lowest BCUT2D eigenvalue weighted by Gasteiger charge is -2.36. The zero-order valence-corrected chi connectivity index (χ0v) is 16.4. The Balaban J connectivity index is 1.35. The topological polar surface area (TPSA) is 40.1 Å². The van der Waals surface area contributed by atoms with E-state index < -0.39 is 0 Å². The summed E-state index contributed by atoms with van der Waals surface area (Å²) in [6.45, 7) is 6.64. The van der Waals surface area contributed by atoms with E-state index in [1.54, 1.807) is 0 Å². The number of likely N-dealkylation sites (tertiary alicyclic amines) is 2. The summed E-state index contributed by atoms with van der Waals surface area (Å²) in [5.41, 5.74) is 0. The maximum Gasteiger partial charge on any atom is 0.193 e. The van der Waals surface area contributed by atoms with E-state index in [0.717, 1.165) is 56.9 Å². The van der Waals surface area contributed by atoms with Gasteiger partial charge in [0.2, 0.25) is 0 Å². The summed E-state index contributed by atoms with van der Waals surface area (Å²) >= 11 is 0. The minimum absolute atomic E-state index is 0.460. The summed E-state index contributed by atoms with van der Waals surface area (Å²) in [5.74, 6) is 2.67. The van der Waals surface area contributed by atoms with Crippen molar-refractivity contribution >= 4 is 5.96 Å². The molecule has 1 unspecified atom stereocenters.